The number of benzene rings is 1. The third-order valence-corrected chi connectivity index (χ3v) is 6.40. The van der Waals surface area contributed by atoms with Gasteiger partial charge in [-0.15, -0.1) is 0 Å². The molecule has 2 nitrogen and oxygen atoms in total. The van der Waals surface area contributed by atoms with Crippen LogP contribution in [0.15, 0.2) is 18.2 Å². The average molecular weight is 284 g/mol. The number of anilines is 1. The summed E-state index contributed by atoms with van der Waals surface area (Å²) in [5.41, 5.74) is 4.34. The monoisotopic (exact) mass is 284 g/mol. The second-order valence-corrected chi connectivity index (χ2v) is 7.48. The molecule has 2 aliphatic carbocycles. The van der Waals surface area contributed by atoms with Gasteiger partial charge in [-0.25, -0.2) is 0 Å². The molecule has 1 heterocycles. The Kier molecular flexibility index (Phi) is 3.45. The SMILES string of the molecule is Cc1cccc(N2CCN([C@@H]3C[C@H]4CC[C@H]3C4)CC2)c1C. The molecule has 0 aromatic heterocycles. The first-order valence-corrected chi connectivity index (χ1v) is 8.77. The van der Waals surface area contributed by atoms with Gasteiger partial charge >= 0.3 is 0 Å². The van der Waals surface area contributed by atoms with E-state index in [1.807, 2.05) is 0 Å². The Morgan fingerprint density at radius 1 is 0.952 bits per heavy atom. The van der Waals surface area contributed by atoms with Gasteiger partial charge < -0.3 is 4.90 Å². The van der Waals surface area contributed by atoms with Gasteiger partial charge in [0.1, 0.15) is 0 Å². The maximum Gasteiger partial charge on any atom is 0.0399 e. The van der Waals surface area contributed by atoms with Gasteiger partial charge in [-0.2, -0.15) is 0 Å². The van der Waals surface area contributed by atoms with E-state index in [4.69, 9.17) is 0 Å². The van der Waals surface area contributed by atoms with Crippen molar-refractivity contribution in [1.29, 1.82) is 0 Å². The largest absolute Gasteiger partial charge is 0.369 e. The van der Waals surface area contributed by atoms with E-state index in [0.717, 1.165) is 17.9 Å². The first-order valence-electron chi connectivity index (χ1n) is 8.77. The first kappa shape index (κ1) is 13.6. The third kappa shape index (κ3) is 2.38. The molecule has 0 radical (unpaired) electrons. The van der Waals surface area contributed by atoms with Crippen LogP contribution in [0.2, 0.25) is 0 Å². The maximum absolute atomic E-state index is 2.81. The lowest BCUT2D eigenvalue weighted by Gasteiger charge is -2.42. The molecule has 3 aliphatic rings. The molecule has 0 unspecified atom stereocenters. The van der Waals surface area contributed by atoms with E-state index >= 15 is 0 Å². The minimum Gasteiger partial charge on any atom is -0.369 e. The smallest absolute Gasteiger partial charge is 0.0399 e. The fourth-order valence-corrected chi connectivity index (χ4v) is 5.03. The number of hydrogen-bond acceptors (Lipinski definition) is 2. The van der Waals surface area contributed by atoms with Crippen LogP contribution in [0.1, 0.15) is 36.8 Å². The van der Waals surface area contributed by atoms with Gasteiger partial charge in [0.05, 0.1) is 0 Å². The topological polar surface area (TPSA) is 6.48 Å². The van der Waals surface area contributed by atoms with Crippen molar-refractivity contribution >= 4 is 5.69 Å². The number of rotatable bonds is 2. The predicted molar refractivity (Wildman–Crippen MR) is 88.9 cm³/mol. The second-order valence-electron chi connectivity index (χ2n) is 7.48. The molecule has 0 amide bonds. The summed E-state index contributed by atoms with van der Waals surface area (Å²) >= 11 is 0. The lowest BCUT2D eigenvalue weighted by Crippen LogP contribution is -2.51. The molecule has 21 heavy (non-hydrogen) atoms. The minimum absolute atomic E-state index is 0.921. The number of piperazine rings is 1. The van der Waals surface area contributed by atoms with Crippen LogP contribution in [0.4, 0.5) is 5.69 Å². The van der Waals surface area contributed by atoms with E-state index in [-0.39, 0.29) is 0 Å². The van der Waals surface area contributed by atoms with Crippen molar-refractivity contribution in [1.82, 2.24) is 4.90 Å². The lowest BCUT2D eigenvalue weighted by molar-refractivity contribution is 0.135. The van der Waals surface area contributed by atoms with Crippen LogP contribution in [-0.4, -0.2) is 37.1 Å². The Bertz CT molecular complexity index is 516. The van der Waals surface area contributed by atoms with Crippen LogP contribution in [-0.2, 0) is 0 Å². The highest BCUT2D eigenvalue weighted by Crippen LogP contribution is 2.46. The average Bonchev–Trinajstić information content (AvgIpc) is 3.13. The molecular weight excluding hydrogens is 256 g/mol. The normalized spacial score (nSPS) is 32.9. The van der Waals surface area contributed by atoms with Crippen LogP contribution in [0.5, 0.6) is 0 Å². The van der Waals surface area contributed by atoms with Crippen molar-refractivity contribution in [2.45, 2.75) is 45.6 Å². The van der Waals surface area contributed by atoms with E-state index in [1.54, 1.807) is 0 Å². The number of aryl methyl sites for hydroxylation is 1. The van der Waals surface area contributed by atoms with E-state index in [1.165, 1.54) is 68.7 Å². The van der Waals surface area contributed by atoms with Gasteiger partial charge in [-0.05, 0) is 62.1 Å². The molecule has 0 spiro atoms. The van der Waals surface area contributed by atoms with Gasteiger partial charge in [0.25, 0.3) is 0 Å². The van der Waals surface area contributed by atoms with Crippen LogP contribution in [0.25, 0.3) is 0 Å². The van der Waals surface area contributed by atoms with E-state index < -0.39 is 0 Å². The molecule has 2 bridgehead atoms. The van der Waals surface area contributed by atoms with E-state index in [9.17, 15) is 0 Å². The quantitative estimate of drug-likeness (QED) is 0.818. The van der Waals surface area contributed by atoms with Crippen molar-refractivity contribution in [2.24, 2.45) is 11.8 Å². The number of fused-ring (bicyclic) bond motifs is 2. The van der Waals surface area contributed by atoms with Gasteiger partial charge in [-0.1, -0.05) is 18.6 Å². The molecule has 1 saturated heterocycles. The standard InChI is InChI=1S/C19H28N2/c1-14-4-3-5-18(15(14)2)20-8-10-21(11-9-20)19-13-16-6-7-17(19)12-16/h3-5,16-17,19H,6-13H2,1-2H3/t16-,17-,19+/m0/s1. The number of hydrogen-bond donors (Lipinski definition) is 0. The highest BCUT2D eigenvalue weighted by Gasteiger charge is 2.42. The van der Waals surface area contributed by atoms with E-state index in [0.29, 0.717) is 0 Å². The van der Waals surface area contributed by atoms with Gasteiger partial charge in [0.2, 0.25) is 0 Å². The Morgan fingerprint density at radius 2 is 1.76 bits per heavy atom. The molecule has 0 N–H and O–H groups in total. The van der Waals surface area contributed by atoms with Crippen LogP contribution in [0.3, 0.4) is 0 Å². The Balaban J connectivity index is 1.42. The summed E-state index contributed by atoms with van der Waals surface area (Å²) in [4.78, 5) is 5.41. The molecule has 4 rings (SSSR count). The second kappa shape index (κ2) is 5.31. The fraction of sp³-hybridized carbons (Fsp3) is 0.684. The highest BCUT2D eigenvalue weighted by molar-refractivity contribution is 5.56. The minimum atomic E-state index is 0.921. The summed E-state index contributed by atoms with van der Waals surface area (Å²) in [5.74, 6) is 2.10. The van der Waals surface area contributed by atoms with Crippen molar-refractivity contribution in [3.8, 4) is 0 Å². The van der Waals surface area contributed by atoms with Crippen molar-refractivity contribution in [2.75, 3.05) is 31.1 Å². The zero-order valence-electron chi connectivity index (χ0n) is 13.5. The lowest BCUT2D eigenvalue weighted by atomic mass is 9.93. The molecular formula is C19H28N2. The summed E-state index contributed by atoms with van der Waals surface area (Å²) < 4.78 is 0. The Labute approximate surface area is 129 Å². The molecule has 3 atom stereocenters. The highest BCUT2D eigenvalue weighted by atomic mass is 15.3. The van der Waals surface area contributed by atoms with Crippen molar-refractivity contribution in [3.63, 3.8) is 0 Å². The predicted octanol–water partition coefficient (Wildman–Crippen LogP) is 3.61. The Hall–Kier alpha value is -1.02. The summed E-state index contributed by atoms with van der Waals surface area (Å²) in [7, 11) is 0. The van der Waals surface area contributed by atoms with Crippen LogP contribution < -0.4 is 4.90 Å². The van der Waals surface area contributed by atoms with Crippen molar-refractivity contribution in [3.05, 3.63) is 29.3 Å². The number of nitrogens with zero attached hydrogens (tertiary/aromatic N) is 2. The van der Waals surface area contributed by atoms with Gasteiger partial charge in [-0.3, -0.25) is 4.90 Å². The van der Waals surface area contributed by atoms with Crippen LogP contribution >= 0.6 is 0 Å². The maximum atomic E-state index is 2.81. The first-order chi connectivity index (χ1) is 10.2. The van der Waals surface area contributed by atoms with Crippen LogP contribution in [0, 0.1) is 25.7 Å². The third-order valence-electron chi connectivity index (χ3n) is 6.40. The zero-order chi connectivity index (χ0) is 14.4. The molecule has 1 aromatic carbocycles. The zero-order valence-corrected chi connectivity index (χ0v) is 13.5. The molecule has 3 fully saturated rings. The Morgan fingerprint density at radius 3 is 2.43 bits per heavy atom. The molecule has 2 heteroatoms. The van der Waals surface area contributed by atoms with Gasteiger partial charge in [0, 0.05) is 37.9 Å². The summed E-state index contributed by atoms with van der Waals surface area (Å²) in [6, 6.07) is 7.66. The molecule has 114 valence electrons. The fourth-order valence-electron chi connectivity index (χ4n) is 5.03. The summed E-state index contributed by atoms with van der Waals surface area (Å²) in [6.45, 7) is 9.44. The molecule has 1 aliphatic heterocycles. The molecule has 1 aromatic rings. The molecule has 2 saturated carbocycles. The summed E-state index contributed by atoms with van der Waals surface area (Å²) in [5, 5.41) is 0. The van der Waals surface area contributed by atoms with Gasteiger partial charge in [0.15, 0.2) is 0 Å². The summed E-state index contributed by atoms with van der Waals surface area (Å²) in [6.07, 6.45) is 6.05. The van der Waals surface area contributed by atoms with Crippen molar-refractivity contribution < 1.29 is 0 Å². The van der Waals surface area contributed by atoms with E-state index in [2.05, 4.69) is 41.8 Å².